The minimum Gasteiger partial charge on any atom is -0.378 e. The SMILES string of the molecule is Cc1ccc(C(=O)Nc2ccc(C(=O)N(C)C)cc2)c(NC(=O)Nc2ccc(-c3nc(N4CCOCC4)c4cc(F)c(-c5cnn(C)c5)cc4n3)cc2F)c1C. The van der Waals surface area contributed by atoms with E-state index < -0.39 is 23.6 Å². The number of hydrogen-bond donors (Lipinski definition) is 3. The number of benzene rings is 4. The molecule has 0 unspecified atom stereocenters. The van der Waals surface area contributed by atoms with Crippen molar-refractivity contribution in [3.8, 4) is 22.5 Å². The van der Waals surface area contributed by atoms with Crippen LogP contribution in [0.3, 0.4) is 0 Å². The van der Waals surface area contributed by atoms with E-state index in [1.54, 1.807) is 93.7 Å². The van der Waals surface area contributed by atoms with Gasteiger partial charge in [0.1, 0.15) is 17.5 Å². The predicted molar refractivity (Wildman–Crippen MR) is 211 cm³/mol. The van der Waals surface area contributed by atoms with Crippen molar-refractivity contribution in [3.05, 3.63) is 113 Å². The van der Waals surface area contributed by atoms with Gasteiger partial charge in [0.25, 0.3) is 11.8 Å². The first kappa shape index (κ1) is 37.6. The van der Waals surface area contributed by atoms with Crippen molar-refractivity contribution < 1.29 is 27.9 Å². The summed E-state index contributed by atoms with van der Waals surface area (Å²) in [6.45, 7) is 5.60. The molecule has 0 atom stereocenters. The lowest BCUT2D eigenvalue weighted by atomic mass is 10.0. The lowest BCUT2D eigenvalue weighted by Crippen LogP contribution is -2.37. The highest BCUT2D eigenvalue weighted by Crippen LogP contribution is 2.34. The molecule has 1 aliphatic rings. The number of aromatic nitrogens is 4. The number of ether oxygens (including phenoxy) is 1. The number of anilines is 4. The summed E-state index contributed by atoms with van der Waals surface area (Å²) in [4.78, 5) is 52.0. The van der Waals surface area contributed by atoms with Crippen LogP contribution in [0.1, 0.15) is 31.8 Å². The van der Waals surface area contributed by atoms with Gasteiger partial charge in [-0.3, -0.25) is 14.3 Å². The summed E-state index contributed by atoms with van der Waals surface area (Å²) in [5, 5.41) is 12.8. The highest BCUT2D eigenvalue weighted by molar-refractivity contribution is 6.12. The molecule has 56 heavy (non-hydrogen) atoms. The summed E-state index contributed by atoms with van der Waals surface area (Å²) in [5.41, 5.74) is 4.39. The number of fused-ring (bicyclic) bond motifs is 1. The number of hydrogen-bond acceptors (Lipinski definition) is 8. The molecule has 3 N–H and O–H groups in total. The van der Waals surface area contributed by atoms with Crippen LogP contribution in [0, 0.1) is 25.5 Å². The van der Waals surface area contributed by atoms with Crippen molar-refractivity contribution in [1.82, 2.24) is 24.6 Å². The van der Waals surface area contributed by atoms with Gasteiger partial charge in [-0.2, -0.15) is 5.10 Å². The van der Waals surface area contributed by atoms with Crippen molar-refractivity contribution in [2.24, 2.45) is 7.05 Å². The van der Waals surface area contributed by atoms with E-state index in [1.165, 1.54) is 23.1 Å². The first-order valence-electron chi connectivity index (χ1n) is 17.8. The van der Waals surface area contributed by atoms with Crippen LogP contribution in [0.15, 0.2) is 79.1 Å². The van der Waals surface area contributed by atoms with Gasteiger partial charge < -0.3 is 30.5 Å². The molecule has 6 aromatic rings. The Morgan fingerprint density at radius 1 is 0.839 bits per heavy atom. The second kappa shape index (κ2) is 15.5. The monoisotopic (exact) mass is 759 g/mol. The third-order valence-electron chi connectivity index (χ3n) is 9.58. The van der Waals surface area contributed by atoms with E-state index in [9.17, 15) is 14.4 Å². The zero-order valence-electron chi connectivity index (χ0n) is 31.4. The van der Waals surface area contributed by atoms with Crippen LogP contribution in [0.25, 0.3) is 33.4 Å². The molecular formula is C41H39F2N9O4. The van der Waals surface area contributed by atoms with Crippen molar-refractivity contribution in [2.75, 3.05) is 61.2 Å². The Morgan fingerprint density at radius 2 is 1.59 bits per heavy atom. The molecule has 4 aromatic carbocycles. The number of nitrogens with one attached hydrogen (secondary N) is 3. The number of amides is 4. The predicted octanol–water partition coefficient (Wildman–Crippen LogP) is 7.03. The molecule has 4 amide bonds. The van der Waals surface area contributed by atoms with Gasteiger partial charge in [-0.1, -0.05) is 6.07 Å². The molecule has 0 radical (unpaired) electrons. The molecule has 0 bridgehead atoms. The minimum atomic E-state index is -0.771. The van der Waals surface area contributed by atoms with Gasteiger partial charge in [0.05, 0.1) is 41.9 Å². The quantitative estimate of drug-likeness (QED) is 0.150. The number of halogens is 2. The van der Waals surface area contributed by atoms with Gasteiger partial charge in [-0.15, -0.1) is 0 Å². The zero-order valence-corrected chi connectivity index (χ0v) is 31.4. The van der Waals surface area contributed by atoms with E-state index >= 15 is 8.78 Å². The van der Waals surface area contributed by atoms with Crippen LogP contribution in [0.5, 0.6) is 0 Å². The van der Waals surface area contributed by atoms with E-state index in [0.29, 0.717) is 76.5 Å². The van der Waals surface area contributed by atoms with Crippen molar-refractivity contribution in [1.29, 1.82) is 0 Å². The maximum Gasteiger partial charge on any atom is 0.323 e. The Labute approximate surface area is 321 Å². The van der Waals surface area contributed by atoms with Crippen LogP contribution in [0.4, 0.5) is 36.5 Å². The highest BCUT2D eigenvalue weighted by atomic mass is 19.1. The Hall–Kier alpha value is -6.74. The second-order valence-electron chi connectivity index (χ2n) is 13.7. The van der Waals surface area contributed by atoms with Crippen molar-refractivity contribution >= 4 is 51.6 Å². The van der Waals surface area contributed by atoms with Crippen LogP contribution >= 0.6 is 0 Å². The largest absolute Gasteiger partial charge is 0.378 e. The molecule has 15 heteroatoms. The Bertz CT molecular complexity index is 2500. The Kier molecular flexibility index (Phi) is 10.4. The minimum absolute atomic E-state index is 0.120. The number of carbonyl (C=O) groups is 3. The summed E-state index contributed by atoms with van der Waals surface area (Å²) in [6.07, 6.45) is 3.28. The normalized spacial score (nSPS) is 12.7. The number of morpholine rings is 1. The molecule has 1 aliphatic heterocycles. The van der Waals surface area contributed by atoms with Crippen LogP contribution in [-0.4, -0.2) is 82.9 Å². The van der Waals surface area contributed by atoms with Gasteiger partial charge in [-0.25, -0.2) is 23.5 Å². The Balaban J connectivity index is 1.14. The smallest absolute Gasteiger partial charge is 0.323 e. The molecule has 13 nitrogen and oxygen atoms in total. The Morgan fingerprint density at radius 3 is 2.27 bits per heavy atom. The molecule has 0 spiro atoms. The van der Waals surface area contributed by atoms with E-state index in [-0.39, 0.29) is 28.7 Å². The third kappa shape index (κ3) is 7.75. The molecule has 1 fully saturated rings. The van der Waals surface area contributed by atoms with Crippen molar-refractivity contribution in [2.45, 2.75) is 13.8 Å². The summed E-state index contributed by atoms with van der Waals surface area (Å²) < 4.78 is 38.4. The number of nitrogens with zero attached hydrogens (tertiary/aromatic N) is 6. The second-order valence-corrected chi connectivity index (χ2v) is 13.7. The molecule has 0 aliphatic carbocycles. The molecule has 3 heterocycles. The first-order chi connectivity index (χ1) is 26.9. The van der Waals surface area contributed by atoms with Gasteiger partial charge in [0.15, 0.2) is 5.82 Å². The lowest BCUT2D eigenvalue weighted by molar-refractivity contribution is 0.0827. The van der Waals surface area contributed by atoms with Crippen LogP contribution in [-0.2, 0) is 11.8 Å². The first-order valence-corrected chi connectivity index (χ1v) is 17.8. The average Bonchev–Trinajstić information content (AvgIpc) is 3.62. The lowest BCUT2D eigenvalue weighted by Gasteiger charge is -2.29. The van der Waals surface area contributed by atoms with E-state index in [0.717, 1.165) is 5.56 Å². The van der Waals surface area contributed by atoms with Crippen LogP contribution < -0.4 is 20.9 Å². The van der Waals surface area contributed by atoms with E-state index in [2.05, 4.69) is 21.0 Å². The number of urea groups is 1. The number of rotatable bonds is 8. The molecule has 286 valence electrons. The maximum atomic E-state index is 15.8. The fourth-order valence-corrected chi connectivity index (χ4v) is 6.40. The van der Waals surface area contributed by atoms with Gasteiger partial charge in [-0.05, 0) is 85.6 Å². The molecule has 0 saturated carbocycles. The van der Waals surface area contributed by atoms with Crippen molar-refractivity contribution in [3.63, 3.8) is 0 Å². The standard InChI is InChI=1S/C41H39F2N9O4/c1-23-6-12-29(39(53)45-28-10-7-25(8-11-28)40(54)50(3)4)36(24(23)2)48-41(55)47-34-13-9-26(18-33(34)43)37-46-35-20-30(27-21-44-51(5)22-27)32(42)19-31(35)38(49-37)52-14-16-56-17-15-52/h6-13,18-22H,14-17H2,1-5H3,(H,45,53)(H2,47,48,55). The third-order valence-corrected chi connectivity index (χ3v) is 9.58. The summed E-state index contributed by atoms with van der Waals surface area (Å²) in [5.74, 6) is -1.16. The molecule has 1 saturated heterocycles. The summed E-state index contributed by atoms with van der Waals surface area (Å²) in [6, 6.07) is 16.3. The van der Waals surface area contributed by atoms with Gasteiger partial charge >= 0.3 is 6.03 Å². The van der Waals surface area contributed by atoms with Gasteiger partial charge in [0.2, 0.25) is 0 Å². The molecular weight excluding hydrogens is 721 g/mol. The topological polar surface area (TPSA) is 147 Å². The number of aryl methyl sites for hydroxylation is 2. The zero-order chi connectivity index (χ0) is 39.7. The van der Waals surface area contributed by atoms with E-state index in [1.807, 2.05) is 11.8 Å². The van der Waals surface area contributed by atoms with Gasteiger partial charge in [0, 0.05) is 73.8 Å². The van der Waals surface area contributed by atoms with E-state index in [4.69, 9.17) is 14.7 Å². The molecule has 7 rings (SSSR count). The number of carbonyl (C=O) groups excluding carboxylic acids is 3. The molecule has 2 aromatic heterocycles. The van der Waals surface area contributed by atoms with Crippen LogP contribution in [0.2, 0.25) is 0 Å². The highest BCUT2D eigenvalue weighted by Gasteiger charge is 2.22. The summed E-state index contributed by atoms with van der Waals surface area (Å²) >= 11 is 0. The average molecular weight is 760 g/mol. The fourth-order valence-electron chi connectivity index (χ4n) is 6.40. The maximum absolute atomic E-state index is 15.8. The summed E-state index contributed by atoms with van der Waals surface area (Å²) in [7, 11) is 5.05. The fraction of sp³-hybridized carbons (Fsp3) is 0.220.